The molecule has 0 aliphatic rings. The highest BCUT2D eigenvalue weighted by Gasteiger charge is 2.04. The van der Waals surface area contributed by atoms with Crippen molar-refractivity contribution in [2.45, 2.75) is 13.3 Å². The topological polar surface area (TPSA) is 83.2 Å². The Balaban J connectivity index is 2.12. The number of carboxylic acid groups (broad SMARTS) is 1. The highest BCUT2D eigenvalue weighted by atomic mass is 16.5. The third-order valence-electron chi connectivity index (χ3n) is 2.68. The van der Waals surface area contributed by atoms with Crippen molar-refractivity contribution in [2.24, 2.45) is 0 Å². The molecule has 0 aliphatic heterocycles. The summed E-state index contributed by atoms with van der Waals surface area (Å²) in [4.78, 5) is 14.7. The molecule has 0 spiro atoms. The summed E-state index contributed by atoms with van der Waals surface area (Å²) in [7, 11) is 0. The standard InChI is InChI=1S/C15H12N2O3/c1-10-12(9-16)4-7-14(17-10)20-13-5-2-11(3-6-13)8-15(18)19/h2-7H,8H2,1H3,(H,18,19). The van der Waals surface area contributed by atoms with Gasteiger partial charge in [-0.25, -0.2) is 4.98 Å². The first-order valence-corrected chi connectivity index (χ1v) is 5.95. The van der Waals surface area contributed by atoms with Crippen LogP contribution in [0.2, 0.25) is 0 Å². The summed E-state index contributed by atoms with van der Waals surface area (Å²) in [6, 6.07) is 12.1. The molecule has 2 aromatic rings. The van der Waals surface area contributed by atoms with Gasteiger partial charge in [-0.2, -0.15) is 5.26 Å². The van der Waals surface area contributed by atoms with E-state index in [2.05, 4.69) is 4.98 Å². The number of aliphatic carboxylic acids is 1. The Bertz CT molecular complexity index is 673. The van der Waals surface area contributed by atoms with Gasteiger partial charge in [0.15, 0.2) is 0 Å². The second kappa shape index (κ2) is 5.85. The lowest BCUT2D eigenvalue weighted by atomic mass is 10.1. The van der Waals surface area contributed by atoms with Gasteiger partial charge in [-0.15, -0.1) is 0 Å². The number of carboxylic acids is 1. The zero-order valence-corrected chi connectivity index (χ0v) is 10.8. The predicted octanol–water partition coefficient (Wildman–Crippen LogP) is 2.68. The minimum Gasteiger partial charge on any atom is -0.481 e. The predicted molar refractivity (Wildman–Crippen MR) is 71.5 cm³/mol. The van der Waals surface area contributed by atoms with Gasteiger partial charge in [-0.1, -0.05) is 12.1 Å². The Labute approximate surface area is 116 Å². The van der Waals surface area contributed by atoms with E-state index < -0.39 is 5.97 Å². The molecule has 0 radical (unpaired) electrons. The zero-order chi connectivity index (χ0) is 14.5. The fraction of sp³-hybridized carbons (Fsp3) is 0.133. The summed E-state index contributed by atoms with van der Waals surface area (Å²) in [6.45, 7) is 1.74. The van der Waals surface area contributed by atoms with Crippen LogP contribution in [0.1, 0.15) is 16.8 Å². The normalized spacial score (nSPS) is 9.80. The second-order valence-electron chi connectivity index (χ2n) is 4.21. The molecule has 0 atom stereocenters. The summed E-state index contributed by atoms with van der Waals surface area (Å²) in [5.74, 6) is 0.0892. The molecular formula is C15H12N2O3. The van der Waals surface area contributed by atoms with Crippen molar-refractivity contribution >= 4 is 5.97 Å². The second-order valence-corrected chi connectivity index (χ2v) is 4.21. The first kappa shape index (κ1) is 13.6. The number of rotatable bonds is 4. The molecular weight excluding hydrogens is 256 g/mol. The van der Waals surface area contributed by atoms with Gasteiger partial charge in [0.2, 0.25) is 5.88 Å². The van der Waals surface area contributed by atoms with Gasteiger partial charge >= 0.3 is 5.97 Å². The molecule has 2 rings (SSSR count). The van der Waals surface area contributed by atoms with E-state index in [1.807, 2.05) is 6.07 Å². The van der Waals surface area contributed by atoms with Gasteiger partial charge < -0.3 is 9.84 Å². The Hall–Kier alpha value is -2.87. The van der Waals surface area contributed by atoms with E-state index in [9.17, 15) is 4.79 Å². The van der Waals surface area contributed by atoms with Gasteiger partial charge in [0.05, 0.1) is 17.7 Å². The lowest BCUT2D eigenvalue weighted by molar-refractivity contribution is -0.136. The molecule has 1 aromatic carbocycles. The molecule has 100 valence electrons. The SMILES string of the molecule is Cc1nc(Oc2ccc(CC(=O)O)cc2)ccc1C#N. The molecule has 1 aromatic heterocycles. The van der Waals surface area contributed by atoms with E-state index >= 15 is 0 Å². The molecule has 5 nitrogen and oxygen atoms in total. The molecule has 0 aliphatic carbocycles. The van der Waals surface area contributed by atoms with E-state index in [-0.39, 0.29) is 6.42 Å². The number of nitrogens with zero attached hydrogens (tertiary/aromatic N) is 2. The van der Waals surface area contributed by atoms with E-state index in [0.717, 1.165) is 0 Å². The Morgan fingerprint density at radius 1 is 1.30 bits per heavy atom. The van der Waals surface area contributed by atoms with Crippen molar-refractivity contribution in [3.63, 3.8) is 0 Å². The third kappa shape index (κ3) is 3.33. The molecule has 0 saturated carbocycles. The lowest BCUT2D eigenvalue weighted by Crippen LogP contribution is -1.99. The number of ether oxygens (including phenoxy) is 1. The van der Waals surface area contributed by atoms with Crippen molar-refractivity contribution in [1.82, 2.24) is 4.98 Å². The van der Waals surface area contributed by atoms with Gasteiger partial charge in [0, 0.05) is 6.07 Å². The van der Waals surface area contributed by atoms with Crippen LogP contribution in [-0.2, 0) is 11.2 Å². The minimum absolute atomic E-state index is 0.0193. The van der Waals surface area contributed by atoms with Crippen LogP contribution in [-0.4, -0.2) is 16.1 Å². The van der Waals surface area contributed by atoms with Crippen LogP contribution < -0.4 is 4.74 Å². The van der Waals surface area contributed by atoms with Gasteiger partial charge in [0.25, 0.3) is 0 Å². The molecule has 0 unspecified atom stereocenters. The Morgan fingerprint density at radius 3 is 2.55 bits per heavy atom. The van der Waals surface area contributed by atoms with Crippen LogP contribution in [0.3, 0.4) is 0 Å². The maximum absolute atomic E-state index is 10.6. The number of aryl methyl sites for hydroxylation is 1. The first-order chi connectivity index (χ1) is 9.58. The molecule has 0 bridgehead atoms. The van der Waals surface area contributed by atoms with E-state index in [1.165, 1.54) is 0 Å². The largest absolute Gasteiger partial charge is 0.481 e. The number of hydrogen-bond donors (Lipinski definition) is 1. The number of aromatic nitrogens is 1. The van der Waals surface area contributed by atoms with E-state index in [4.69, 9.17) is 15.1 Å². The number of nitriles is 1. The summed E-state index contributed by atoms with van der Waals surface area (Å²) >= 11 is 0. The molecule has 20 heavy (non-hydrogen) atoms. The Morgan fingerprint density at radius 2 is 2.00 bits per heavy atom. The molecule has 0 fully saturated rings. The summed E-state index contributed by atoms with van der Waals surface area (Å²) in [5, 5.41) is 17.5. The maximum atomic E-state index is 10.6. The summed E-state index contributed by atoms with van der Waals surface area (Å²) in [5.41, 5.74) is 1.82. The van der Waals surface area contributed by atoms with Crippen LogP contribution >= 0.6 is 0 Å². The molecule has 0 saturated heterocycles. The molecule has 0 amide bonds. The lowest BCUT2D eigenvalue weighted by Gasteiger charge is -2.06. The average molecular weight is 268 g/mol. The highest BCUT2D eigenvalue weighted by Crippen LogP contribution is 2.21. The van der Waals surface area contributed by atoms with Gasteiger partial charge in [-0.05, 0) is 30.7 Å². The van der Waals surface area contributed by atoms with E-state index in [1.54, 1.807) is 43.3 Å². The van der Waals surface area contributed by atoms with Crippen molar-refractivity contribution in [3.05, 3.63) is 53.2 Å². The zero-order valence-electron chi connectivity index (χ0n) is 10.8. The minimum atomic E-state index is -0.872. The van der Waals surface area contributed by atoms with Crippen LogP contribution in [0.25, 0.3) is 0 Å². The van der Waals surface area contributed by atoms with Crippen molar-refractivity contribution in [3.8, 4) is 17.7 Å². The van der Waals surface area contributed by atoms with Gasteiger partial charge in [-0.3, -0.25) is 4.79 Å². The molecule has 1 N–H and O–H groups in total. The number of carbonyl (C=O) groups is 1. The van der Waals surface area contributed by atoms with Crippen LogP contribution in [0.15, 0.2) is 36.4 Å². The van der Waals surface area contributed by atoms with Crippen LogP contribution in [0.4, 0.5) is 0 Å². The number of hydrogen-bond acceptors (Lipinski definition) is 4. The van der Waals surface area contributed by atoms with Crippen molar-refractivity contribution < 1.29 is 14.6 Å². The van der Waals surface area contributed by atoms with Crippen molar-refractivity contribution in [2.75, 3.05) is 0 Å². The van der Waals surface area contributed by atoms with Crippen LogP contribution in [0, 0.1) is 18.3 Å². The smallest absolute Gasteiger partial charge is 0.307 e. The summed E-state index contributed by atoms with van der Waals surface area (Å²) < 4.78 is 5.55. The fourth-order valence-electron chi connectivity index (χ4n) is 1.68. The molecule has 5 heteroatoms. The number of benzene rings is 1. The maximum Gasteiger partial charge on any atom is 0.307 e. The first-order valence-electron chi connectivity index (χ1n) is 5.95. The fourth-order valence-corrected chi connectivity index (χ4v) is 1.68. The highest BCUT2D eigenvalue weighted by molar-refractivity contribution is 5.70. The van der Waals surface area contributed by atoms with Gasteiger partial charge in [0.1, 0.15) is 11.8 Å². The van der Waals surface area contributed by atoms with Crippen LogP contribution in [0.5, 0.6) is 11.6 Å². The monoisotopic (exact) mass is 268 g/mol. The average Bonchev–Trinajstić information content (AvgIpc) is 2.41. The summed E-state index contributed by atoms with van der Waals surface area (Å²) in [6.07, 6.45) is -0.0193. The van der Waals surface area contributed by atoms with E-state index in [0.29, 0.717) is 28.5 Å². The quantitative estimate of drug-likeness (QED) is 0.921. The number of pyridine rings is 1. The Kier molecular flexibility index (Phi) is 3.96. The van der Waals surface area contributed by atoms with Crippen molar-refractivity contribution in [1.29, 1.82) is 5.26 Å². The third-order valence-corrected chi connectivity index (χ3v) is 2.68. The molecule has 1 heterocycles.